The minimum atomic E-state index is -0.720. The highest BCUT2D eigenvalue weighted by atomic mass is 16.2. The molecule has 3 heterocycles. The second-order valence-corrected chi connectivity index (χ2v) is 7.35. The van der Waals surface area contributed by atoms with E-state index in [0.29, 0.717) is 36.8 Å². The fourth-order valence-electron chi connectivity index (χ4n) is 3.42. The third-order valence-corrected chi connectivity index (χ3v) is 4.70. The molecule has 2 amide bonds. The Kier molecular flexibility index (Phi) is 5.91. The van der Waals surface area contributed by atoms with E-state index in [-0.39, 0.29) is 17.3 Å². The molecule has 1 aliphatic rings. The van der Waals surface area contributed by atoms with Crippen LogP contribution in [0.15, 0.2) is 16.9 Å². The minimum absolute atomic E-state index is 0.207. The lowest BCUT2D eigenvalue weighted by Crippen LogP contribution is -2.44. The quantitative estimate of drug-likeness (QED) is 0.772. The zero-order valence-corrected chi connectivity index (χ0v) is 16.5. The topological polar surface area (TPSA) is 113 Å². The van der Waals surface area contributed by atoms with Crippen molar-refractivity contribution in [3.8, 4) is 5.95 Å². The van der Waals surface area contributed by atoms with Crippen molar-refractivity contribution in [3.05, 3.63) is 33.9 Å². The van der Waals surface area contributed by atoms with Crippen LogP contribution in [0.5, 0.6) is 0 Å². The van der Waals surface area contributed by atoms with Crippen LogP contribution in [0.25, 0.3) is 5.95 Å². The molecule has 9 heteroatoms. The number of hydrogen-bond donors (Lipinski definition) is 2. The molecule has 0 aromatic carbocycles. The maximum absolute atomic E-state index is 12.5. The normalized spacial score (nSPS) is 16.8. The van der Waals surface area contributed by atoms with Gasteiger partial charge in [0.05, 0.1) is 5.69 Å². The van der Waals surface area contributed by atoms with Crippen molar-refractivity contribution < 1.29 is 9.59 Å². The largest absolute Gasteiger partial charge is 0.334 e. The average molecular weight is 386 g/mol. The summed E-state index contributed by atoms with van der Waals surface area (Å²) < 4.78 is 1.35. The Morgan fingerprint density at radius 3 is 2.86 bits per heavy atom. The van der Waals surface area contributed by atoms with E-state index < -0.39 is 11.8 Å². The van der Waals surface area contributed by atoms with E-state index >= 15 is 0 Å². The summed E-state index contributed by atoms with van der Waals surface area (Å²) in [5.74, 6) is -0.398. The standard InChI is InChI=1S/C19H26N6O3/c1-4-6-14-10-16(26)22-19(20-14)25-15(9-13(3)23-25)21-17(27)18(28)24-8-5-7-12(2)11-24/h9-10,12H,4-8,11H2,1-3H3,(H,21,27)(H,20,22,26). The van der Waals surface area contributed by atoms with Crippen LogP contribution in [0.3, 0.4) is 0 Å². The lowest BCUT2D eigenvalue weighted by molar-refractivity contribution is -0.144. The van der Waals surface area contributed by atoms with E-state index in [1.54, 1.807) is 17.9 Å². The summed E-state index contributed by atoms with van der Waals surface area (Å²) in [6.07, 6.45) is 3.46. The summed E-state index contributed by atoms with van der Waals surface area (Å²) in [4.78, 5) is 45.6. The van der Waals surface area contributed by atoms with Crippen LogP contribution >= 0.6 is 0 Å². The van der Waals surface area contributed by atoms with E-state index in [0.717, 1.165) is 19.3 Å². The van der Waals surface area contributed by atoms with Crippen molar-refractivity contribution in [2.24, 2.45) is 5.92 Å². The summed E-state index contributed by atoms with van der Waals surface area (Å²) in [6, 6.07) is 3.08. The maximum atomic E-state index is 12.5. The number of aryl methyl sites for hydroxylation is 2. The fraction of sp³-hybridized carbons (Fsp3) is 0.526. The van der Waals surface area contributed by atoms with Gasteiger partial charge in [0.15, 0.2) is 0 Å². The van der Waals surface area contributed by atoms with Gasteiger partial charge in [0.25, 0.3) is 5.56 Å². The van der Waals surface area contributed by atoms with Gasteiger partial charge in [0, 0.05) is 30.9 Å². The summed E-state index contributed by atoms with van der Waals surface area (Å²) >= 11 is 0. The van der Waals surface area contributed by atoms with E-state index in [1.165, 1.54) is 10.7 Å². The average Bonchev–Trinajstić information content (AvgIpc) is 3.01. The number of carbonyl (C=O) groups excluding carboxylic acids is 2. The van der Waals surface area contributed by atoms with Gasteiger partial charge in [-0.25, -0.2) is 4.98 Å². The molecular weight excluding hydrogens is 360 g/mol. The molecule has 0 saturated carbocycles. The molecule has 1 aliphatic heterocycles. The third kappa shape index (κ3) is 4.47. The van der Waals surface area contributed by atoms with E-state index in [9.17, 15) is 14.4 Å². The van der Waals surface area contributed by atoms with Crippen molar-refractivity contribution in [3.63, 3.8) is 0 Å². The second-order valence-electron chi connectivity index (χ2n) is 7.35. The molecule has 2 aromatic rings. The molecule has 1 atom stereocenters. The van der Waals surface area contributed by atoms with Gasteiger partial charge >= 0.3 is 11.8 Å². The van der Waals surface area contributed by atoms with Crippen molar-refractivity contribution in [2.45, 2.75) is 46.5 Å². The second kappa shape index (κ2) is 8.37. The van der Waals surface area contributed by atoms with Crippen molar-refractivity contribution in [1.29, 1.82) is 0 Å². The molecule has 150 valence electrons. The molecule has 1 saturated heterocycles. The molecule has 3 rings (SSSR count). The first-order valence-electron chi connectivity index (χ1n) is 9.65. The first-order chi connectivity index (χ1) is 13.4. The first kappa shape index (κ1) is 19.8. The van der Waals surface area contributed by atoms with Gasteiger partial charge in [-0.15, -0.1) is 0 Å². The zero-order valence-electron chi connectivity index (χ0n) is 16.5. The fourth-order valence-corrected chi connectivity index (χ4v) is 3.42. The number of amides is 2. The molecular formula is C19H26N6O3. The third-order valence-electron chi connectivity index (χ3n) is 4.70. The van der Waals surface area contributed by atoms with Crippen LogP contribution in [0, 0.1) is 12.8 Å². The molecule has 2 aromatic heterocycles. The predicted octanol–water partition coefficient (Wildman–Crippen LogP) is 1.41. The molecule has 0 bridgehead atoms. The molecule has 28 heavy (non-hydrogen) atoms. The lowest BCUT2D eigenvalue weighted by Gasteiger charge is -2.30. The summed E-state index contributed by atoms with van der Waals surface area (Å²) in [5.41, 5.74) is 0.972. The summed E-state index contributed by atoms with van der Waals surface area (Å²) in [6.45, 7) is 7.00. The molecule has 0 spiro atoms. The highest BCUT2D eigenvalue weighted by Crippen LogP contribution is 2.17. The zero-order chi connectivity index (χ0) is 20.3. The minimum Gasteiger partial charge on any atom is -0.334 e. The number of rotatable bonds is 4. The van der Waals surface area contributed by atoms with E-state index in [1.807, 2.05) is 6.92 Å². The van der Waals surface area contributed by atoms with Crippen molar-refractivity contribution in [2.75, 3.05) is 18.4 Å². The molecule has 1 unspecified atom stereocenters. The highest BCUT2D eigenvalue weighted by Gasteiger charge is 2.27. The number of carbonyl (C=O) groups is 2. The lowest BCUT2D eigenvalue weighted by atomic mass is 10.0. The van der Waals surface area contributed by atoms with Crippen LogP contribution in [0.1, 0.15) is 44.5 Å². The van der Waals surface area contributed by atoms with Crippen molar-refractivity contribution >= 4 is 17.6 Å². The number of anilines is 1. The number of aromatic nitrogens is 4. The SMILES string of the molecule is CCCc1cc(=O)[nH]c(-n2nc(C)cc2NC(=O)C(=O)N2CCCC(C)C2)n1. The Balaban J connectivity index is 1.83. The first-order valence-corrected chi connectivity index (χ1v) is 9.65. The number of likely N-dealkylation sites (tertiary alicyclic amines) is 1. The van der Waals surface area contributed by atoms with E-state index in [2.05, 4.69) is 27.3 Å². The van der Waals surface area contributed by atoms with Gasteiger partial charge in [-0.3, -0.25) is 19.4 Å². The van der Waals surface area contributed by atoms with Crippen molar-refractivity contribution in [1.82, 2.24) is 24.6 Å². The van der Waals surface area contributed by atoms with Crippen LogP contribution in [0.4, 0.5) is 5.82 Å². The van der Waals surface area contributed by atoms with E-state index in [4.69, 9.17) is 0 Å². The van der Waals surface area contributed by atoms with Crippen LogP contribution in [-0.2, 0) is 16.0 Å². The van der Waals surface area contributed by atoms with Gasteiger partial charge in [-0.05, 0) is 32.1 Å². The number of aromatic amines is 1. The van der Waals surface area contributed by atoms with Gasteiger partial charge < -0.3 is 10.2 Å². The van der Waals surface area contributed by atoms with Crippen LogP contribution in [-0.4, -0.2) is 49.6 Å². The van der Waals surface area contributed by atoms with Gasteiger partial charge in [-0.1, -0.05) is 20.3 Å². The monoisotopic (exact) mass is 386 g/mol. The summed E-state index contributed by atoms with van der Waals surface area (Å²) in [7, 11) is 0. The molecule has 0 radical (unpaired) electrons. The number of H-pyrrole nitrogens is 1. The maximum Gasteiger partial charge on any atom is 0.315 e. The Morgan fingerprint density at radius 1 is 1.36 bits per heavy atom. The Hall–Kier alpha value is -2.97. The molecule has 2 N–H and O–H groups in total. The molecule has 1 fully saturated rings. The van der Waals surface area contributed by atoms with Crippen LogP contribution in [0.2, 0.25) is 0 Å². The van der Waals surface area contributed by atoms with Gasteiger partial charge in [-0.2, -0.15) is 9.78 Å². The Morgan fingerprint density at radius 2 is 2.14 bits per heavy atom. The highest BCUT2D eigenvalue weighted by molar-refractivity contribution is 6.39. The van der Waals surface area contributed by atoms with Gasteiger partial charge in [0.2, 0.25) is 5.95 Å². The van der Waals surface area contributed by atoms with Crippen LogP contribution < -0.4 is 10.9 Å². The predicted molar refractivity (Wildman–Crippen MR) is 104 cm³/mol. The number of nitrogens with one attached hydrogen (secondary N) is 2. The molecule has 9 nitrogen and oxygen atoms in total. The Labute approximate surface area is 163 Å². The Bertz CT molecular complexity index is 932. The smallest absolute Gasteiger partial charge is 0.315 e. The number of nitrogens with zero attached hydrogens (tertiary/aromatic N) is 4. The number of piperidine rings is 1. The summed E-state index contributed by atoms with van der Waals surface area (Å²) in [5, 5.41) is 6.93. The van der Waals surface area contributed by atoms with Gasteiger partial charge in [0.1, 0.15) is 5.82 Å². The number of hydrogen-bond acceptors (Lipinski definition) is 5. The molecule has 0 aliphatic carbocycles.